The summed E-state index contributed by atoms with van der Waals surface area (Å²) in [7, 11) is 0. The van der Waals surface area contributed by atoms with Crippen LogP contribution in [0.1, 0.15) is 33.1 Å². The van der Waals surface area contributed by atoms with Crippen LogP contribution in [0.4, 0.5) is 0 Å². The minimum atomic E-state index is -1.75. The van der Waals surface area contributed by atoms with Gasteiger partial charge < -0.3 is 58.0 Å². The predicted molar refractivity (Wildman–Crippen MR) is 130 cm³/mol. The van der Waals surface area contributed by atoms with Gasteiger partial charge in [0.15, 0.2) is 0 Å². The highest BCUT2D eigenvalue weighted by molar-refractivity contribution is 5.96. The van der Waals surface area contributed by atoms with E-state index in [1.54, 1.807) is 0 Å². The van der Waals surface area contributed by atoms with Crippen molar-refractivity contribution in [3.8, 4) is 0 Å². The number of primary amides is 2. The highest BCUT2D eigenvalue weighted by atomic mass is 16.3. The Hall–Kier alpha value is -3.71. The van der Waals surface area contributed by atoms with Crippen LogP contribution in [0.5, 0.6) is 0 Å². The van der Waals surface area contributed by atoms with Gasteiger partial charge in [-0.3, -0.25) is 34.1 Å². The van der Waals surface area contributed by atoms with E-state index in [-0.39, 0.29) is 12.8 Å². The molecule has 0 fully saturated rings. The molecule has 0 aromatic carbocycles. The second-order valence-corrected chi connectivity index (χ2v) is 8.54. The normalized spacial score (nSPS) is 16.3. The van der Waals surface area contributed by atoms with Crippen LogP contribution in [0.3, 0.4) is 0 Å². The van der Waals surface area contributed by atoms with Crippen LogP contribution in [-0.4, -0.2) is 118 Å². The molecule has 18 nitrogen and oxygen atoms in total. The van der Waals surface area contributed by atoms with Crippen molar-refractivity contribution in [1.82, 2.24) is 26.6 Å². The van der Waals surface area contributed by atoms with E-state index in [0.29, 0.717) is 6.29 Å². The van der Waals surface area contributed by atoms with Crippen molar-refractivity contribution in [2.45, 2.75) is 75.7 Å². The molecule has 7 atom stereocenters. The van der Waals surface area contributed by atoms with E-state index in [4.69, 9.17) is 11.5 Å². The van der Waals surface area contributed by atoms with Crippen molar-refractivity contribution < 1.29 is 54.0 Å². The van der Waals surface area contributed by atoms with Gasteiger partial charge in [0, 0.05) is 6.42 Å². The lowest BCUT2D eigenvalue weighted by Crippen LogP contribution is -2.62. The summed E-state index contributed by atoms with van der Waals surface area (Å²) in [5, 5.41) is 49.4. The number of hydrogen-bond acceptors (Lipinski definition) is 12. The van der Waals surface area contributed by atoms with Crippen LogP contribution >= 0.6 is 0 Å². The lowest BCUT2D eigenvalue weighted by atomic mass is 10.1. The quantitative estimate of drug-likeness (QED) is 0.0516. The summed E-state index contributed by atoms with van der Waals surface area (Å²) in [5.74, 6) is -5.96. The number of aliphatic hydroxyl groups excluding tert-OH is 4. The average Bonchev–Trinajstić information content (AvgIpc) is 2.84. The molecule has 222 valence electrons. The summed E-state index contributed by atoms with van der Waals surface area (Å²) in [6.07, 6.45) is -3.42. The molecule has 39 heavy (non-hydrogen) atoms. The molecular formula is C21H37N7O11. The Bertz CT molecular complexity index is 884. The standard InChI is InChI=1S/C21H37N7O11/c1-9(32)17(21(39)27-13(7-30)19(37)25-11(6-29)3-4-15(22)34)28-20(38)14(8-31)26-18(36)12(5-16(23)35)24-10(2)33/h6,9-14,17,24,30-33H,3-5,7-8H2,1-2H3,(H2,22,34)(H2,23,35)(H,25,37)(H,26,36)(H,27,39)(H,28,38)/t9-,10+,11+,12+,13+,14+,17+/m1/s1. The molecular weight excluding hydrogens is 526 g/mol. The van der Waals surface area contributed by atoms with Gasteiger partial charge in [-0.2, -0.15) is 0 Å². The molecule has 0 heterocycles. The molecule has 0 saturated heterocycles. The van der Waals surface area contributed by atoms with E-state index in [1.807, 2.05) is 0 Å². The van der Waals surface area contributed by atoms with E-state index in [0.717, 1.165) is 6.92 Å². The lowest BCUT2D eigenvalue weighted by Gasteiger charge is -2.27. The Morgan fingerprint density at radius 1 is 0.744 bits per heavy atom. The number of aldehydes is 1. The maximum Gasteiger partial charge on any atom is 0.245 e. The van der Waals surface area contributed by atoms with Gasteiger partial charge in [0.05, 0.1) is 37.8 Å². The molecule has 0 unspecified atom stereocenters. The summed E-state index contributed by atoms with van der Waals surface area (Å²) in [5.41, 5.74) is 10.1. The number of carbonyl (C=O) groups excluding carboxylic acids is 7. The van der Waals surface area contributed by atoms with Gasteiger partial charge in [-0.1, -0.05) is 0 Å². The van der Waals surface area contributed by atoms with E-state index in [1.165, 1.54) is 6.92 Å². The lowest BCUT2D eigenvalue weighted by molar-refractivity contribution is -0.137. The van der Waals surface area contributed by atoms with Gasteiger partial charge >= 0.3 is 0 Å². The number of aliphatic hydroxyl groups is 4. The van der Waals surface area contributed by atoms with Crippen LogP contribution in [0.2, 0.25) is 0 Å². The Morgan fingerprint density at radius 2 is 1.23 bits per heavy atom. The van der Waals surface area contributed by atoms with E-state index in [2.05, 4.69) is 26.6 Å². The number of rotatable bonds is 19. The maximum atomic E-state index is 12.7. The van der Waals surface area contributed by atoms with Crippen molar-refractivity contribution >= 4 is 41.7 Å². The van der Waals surface area contributed by atoms with Gasteiger partial charge in [-0.05, 0) is 20.3 Å². The first kappa shape index (κ1) is 35.3. The zero-order valence-corrected chi connectivity index (χ0v) is 21.5. The molecule has 6 amide bonds. The number of carbonyl (C=O) groups is 7. The maximum absolute atomic E-state index is 12.7. The molecule has 0 aliphatic rings. The van der Waals surface area contributed by atoms with Crippen molar-refractivity contribution in [2.75, 3.05) is 13.2 Å². The number of amides is 6. The molecule has 0 aliphatic heterocycles. The second-order valence-electron chi connectivity index (χ2n) is 8.54. The first-order valence-corrected chi connectivity index (χ1v) is 11.7. The first-order chi connectivity index (χ1) is 18.2. The van der Waals surface area contributed by atoms with Crippen LogP contribution < -0.4 is 38.1 Å². The molecule has 0 spiro atoms. The highest BCUT2D eigenvalue weighted by Gasteiger charge is 2.33. The molecule has 0 aliphatic carbocycles. The number of nitrogens with two attached hydrogens (primary N) is 2. The second kappa shape index (κ2) is 17.7. The van der Waals surface area contributed by atoms with Gasteiger partial charge in [-0.25, -0.2) is 0 Å². The van der Waals surface area contributed by atoms with Crippen LogP contribution in [-0.2, 0) is 33.6 Å². The van der Waals surface area contributed by atoms with Gasteiger partial charge in [0.2, 0.25) is 35.4 Å². The SMILES string of the molecule is C[C@H](O)N[C@@H](CC(N)=O)C(=O)N[C@@H](CO)C(=O)N[C@H](C(=O)N[C@@H](CO)C(=O)N[C@H](C=O)CCC(N)=O)[C@@H](C)O. The third-order valence-electron chi connectivity index (χ3n) is 5.05. The topological polar surface area (TPSA) is 313 Å². The van der Waals surface area contributed by atoms with Gasteiger partial charge in [0.25, 0.3) is 0 Å². The summed E-state index contributed by atoms with van der Waals surface area (Å²) >= 11 is 0. The summed E-state index contributed by atoms with van der Waals surface area (Å²) in [6.45, 7) is 0.423. The first-order valence-electron chi connectivity index (χ1n) is 11.7. The largest absolute Gasteiger partial charge is 0.394 e. The molecule has 0 saturated carbocycles. The van der Waals surface area contributed by atoms with E-state index >= 15 is 0 Å². The van der Waals surface area contributed by atoms with Crippen LogP contribution in [0, 0.1) is 0 Å². The molecule has 0 aromatic rings. The third kappa shape index (κ3) is 13.6. The summed E-state index contributed by atoms with van der Waals surface area (Å²) in [4.78, 5) is 83.4. The summed E-state index contributed by atoms with van der Waals surface area (Å²) < 4.78 is 0. The minimum Gasteiger partial charge on any atom is -0.394 e. The van der Waals surface area contributed by atoms with Crippen molar-refractivity contribution in [3.63, 3.8) is 0 Å². The van der Waals surface area contributed by atoms with Gasteiger partial charge in [-0.15, -0.1) is 0 Å². The van der Waals surface area contributed by atoms with Crippen molar-refractivity contribution in [1.29, 1.82) is 0 Å². The van der Waals surface area contributed by atoms with Crippen LogP contribution in [0.15, 0.2) is 0 Å². The molecule has 0 rings (SSSR count). The fourth-order valence-electron chi connectivity index (χ4n) is 3.06. The Morgan fingerprint density at radius 3 is 1.64 bits per heavy atom. The zero-order valence-electron chi connectivity index (χ0n) is 21.5. The highest BCUT2D eigenvalue weighted by Crippen LogP contribution is 2.01. The van der Waals surface area contributed by atoms with Gasteiger partial charge in [0.1, 0.15) is 30.6 Å². The summed E-state index contributed by atoms with van der Waals surface area (Å²) in [6, 6.07) is -7.60. The Balaban J connectivity index is 5.42. The Kier molecular flexibility index (Phi) is 16.0. The zero-order chi connectivity index (χ0) is 30.3. The van der Waals surface area contributed by atoms with E-state index in [9.17, 15) is 54.0 Å². The molecule has 0 radical (unpaired) electrons. The fraction of sp³-hybridized carbons (Fsp3) is 0.667. The third-order valence-corrected chi connectivity index (χ3v) is 5.05. The minimum absolute atomic E-state index is 0.135. The smallest absolute Gasteiger partial charge is 0.245 e. The van der Waals surface area contributed by atoms with Crippen molar-refractivity contribution in [2.24, 2.45) is 11.5 Å². The number of hydrogen-bond donors (Lipinski definition) is 11. The van der Waals surface area contributed by atoms with E-state index < -0.39 is 97.6 Å². The van der Waals surface area contributed by atoms with Crippen molar-refractivity contribution in [3.05, 3.63) is 0 Å². The molecule has 0 aromatic heterocycles. The monoisotopic (exact) mass is 563 g/mol. The molecule has 18 heteroatoms. The number of nitrogens with one attached hydrogen (secondary N) is 5. The fourth-order valence-corrected chi connectivity index (χ4v) is 3.06. The predicted octanol–water partition coefficient (Wildman–Crippen LogP) is -7.07. The average molecular weight is 564 g/mol. The van der Waals surface area contributed by atoms with Crippen LogP contribution in [0.25, 0.3) is 0 Å². The molecule has 0 bridgehead atoms. The Labute approximate surface area is 223 Å². The molecule has 13 N–H and O–H groups in total.